The summed E-state index contributed by atoms with van der Waals surface area (Å²) in [6.07, 6.45) is 1.91. The molecule has 1 saturated heterocycles. The van der Waals surface area contributed by atoms with Gasteiger partial charge in [0, 0.05) is 11.7 Å². The van der Waals surface area contributed by atoms with Gasteiger partial charge in [0.05, 0.1) is 0 Å². The molecule has 1 aliphatic heterocycles. The zero-order valence-electron chi connectivity index (χ0n) is 9.82. The Labute approximate surface area is 106 Å². The predicted octanol–water partition coefficient (Wildman–Crippen LogP) is 1.95. The van der Waals surface area contributed by atoms with E-state index in [9.17, 15) is 4.79 Å². The molecule has 2 rings (SSSR count). The van der Waals surface area contributed by atoms with Gasteiger partial charge in [0.2, 0.25) is 5.91 Å². The second-order valence-corrected chi connectivity index (χ2v) is 5.05. The number of hydrogen-bond donors (Lipinski definition) is 2. The minimum absolute atomic E-state index is 0.187. The fraction of sp³-hybridized carbons (Fsp3) is 0.462. The van der Waals surface area contributed by atoms with Crippen molar-refractivity contribution in [2.24, 2.45) is 5.92 Å². The van der Waals surface area contributed by atoms with Crippen molar-refractivity contribution < 1.29 is 4.79 Å². The largest absolute Gasteiger partial charge is 0.317 e. The van der Waals surface area contributed by atoms with Gasteiger partial charge in [0.25, 0.3) is 0 Å². The lowest BCUT2D eigenvalue weighted by Crippen LogP contribution is -2.35. The third kappa shape index (κ3) is 4.06. The molecule has 4 heteroatoms. The molecule has 1 aromatic carbocycles. The van der Waals surface area contributed by atoms with Crippen LogP contribution in [-0.4, -0.2) is 19.0 Å². The summed E-state index contributed by atoms with van der Waals surface area (Å²) < 4.78 is 2.95. The molecular formula is C13H18N2OS. The Kier molecular flexibility index (Phi) is 4.88. The van der Waals surface area contributed by atoms with E-state index in [0.717, 1.165) is 31.7 Å². The molecule has 0 saturated carbocycles. The SMILES string of the molecule is O=C(NSCc1ccccc1)C1CCNCC1. The van der Waals surface area contributed by atoms with Crippen molar-refractivity contribution in [1.29, 1.82) is 0 Å². The molecular weight excluding hydrogens is 232 g/mol. The van der Waals surface area contributed by atoms with Gasteiger partial charge in [-0.3, -0.25) is 9.52 Å². The third-order valence-corrected chi connectivity index (χ3v) is 3.79. The van der Waals surface area contributed by atoms with Crippen molar-refractivity contribution in [3.05, 3.63) is 35.9 Å². The van der Waals surface area contributed by atoms with Gasteiger partial charge < -0.3 is 5.32 Å². The number of amides is 1. The number of benzene rings is 1. The maximum absolute atomic E-state index is 11.8. The number of rotatable bonds is 4. The highest BCUT2D eigenvalue weighted by molar-refractivity contribution is 7.97. The highest BCUT2D eigenvalue weighted by Gasteiger charge is 2.20. The molecule has 0 spiro atoms. The second-order valence-electron chi connectivity index (χ2n) is 4.26. The lowest BCUT2D eigenvalue weighted by molar-refractivity contribution is -0.123. The van der Waals surface area contributed by atoms with Gasteiger partial charge in [-0.2, -0.15) is 0 Å². The van der Waals surface area contributed by atoms with Crippen molar-refractivity contribution in [3.8, 4) is 0 Å². The quantitative estimate of drug-likeness (QED) is 0.803. The Hall–Kier alpha value is -1.00. The molecule has 1 fully saturated rings. The highest BCUT2D eigenvalue weighted by Crippen LogP contribution is 2.14. The number of piperidine rings is 1. The average molecular weight is 250 g/mol. The van der Waals surface area contributed by atoms with Gasteiger partial charge in [-0.05, 0) is 43.4 Å². The molecule has 2 N–H and O–H groups in total. The molecule has 17 heavy (non-hydrogen) atoms. The summed E-state index contributed by atoms with van der Waals surface area (Å²) in [5.74, 6) is 1.21. The summed E-state index contributed by atoms with van der Waals surface area (Å²) in [4.78, 5) is 11.8. The number of carbonyl (C=O) groups excluding carboxylic acids is 1. The van der Waals surface area contributed by atoms with Crippen LogP contribution in [0.15, 0.2) is 30.3 Å². The van der Waals surface area contributed by atoms with E-state index >= 15 is 0 Å². The van der Waals surface area contributed by atoms with Crippen LogP contribution in [-0.2, 0) is 10.5 Å². The van der Waals surface area contributed by atoms with Crippen molar-refractivity contribution >= 4 is 17.9 Å². The van der Waals surface area contributed by atoms with Crippen molar-refractivity contribution in [1.82, 2.24) is 10.0 Å². The zero-order valence-corrected chi connectivity index (χ0v) is 10.6. The molecule has 92 valence electrons. The lowest BCUT2D eigenvalue weighted by Gasteiger charge is -2.21. The molecule has 0 aliphatic carbocycles. The standard InChI is InChI=1S/C13H18N2OS/c16-13(12-6-8-14-9-7-12)15-17-10-11-4-2-1-3-5-11/h1-5,12,14H,6-10H2,(H,15,16). The Balaban J connectivity index is 1.69. The lowest BCUT2D eigenvalue weighted by atomic mass is 9.98. The molecule has 0 bridgehead atoms. The number of nitrogens with one attached hydrogen (secondary N) is 2. The Morgan fingerprint density at radius 3 is 2.71 bits per heavy atom. The average Bonchev–Trinajstić information content (AvgIpc) is 2.41. The van der Waals surface area contributed by atoms with E-state index in [4.69, 9.17) is 0 Å². The van der Waals surface area contributed by atoms with Crippen LogP contribution in [0, 0.1) is 5.92 Å². The van der Waals surface area contributed by atoms with E-state index in [1.54, 1.807) is 0 Å². The van der Waals surface area contributed by atoms with Crippen LogP contribution in [0.4, 0.5) is 0 Å². The van der Waals surface area contributed by atoms with Gasteiger partial charge in [0.1, 0.15) is 0 Å². The first-order chi connectivity index (χ1) is 8.36. The smallest absolute Gasteiger partial charge is 0.233 e. The normalized spacial score (nSPS) is 16.7. The van der Waals surface area contributed by atoms with Crippen molar-refractivity contribution in [2.75, 3.05) is 13.1 Å². The van der Waals surface area contributed by atoms with E-state index in [1.165, 1.54) is 17.5 Å². The molecule has 3 nitrogen and oxygen atoms in total. The Morgan fingerprint density at radius 1 is 1.29 bits per heavy atom. The van der Waals surface area contributed by atoms with E-state index in [1.807, 2.05) is 18.2 Å². The molecule has 0 aromatic heterocycles. The molecule has 1 aliphatic rings. The van der Waals surface area contributed by atoms with Crippen molar-refractivity contribution in [2.45, 2.75) is 18.6 Å². The summed E-state index contributed by atoms with van der Waals surface area (Å²) in [6, 6.07) is 10.2. The summed E-state index contributed by atoms with van der Waals surface area (Å²) in [7, 11) is 0. The zero-order chi connectivity index (χ0) is 11.9. The molecule has 1 amide bonds. The topological polar surface area (TPSA) is 41.1 Å². The van der Waals surface area contributed by atoms with E-state index in [2.05, 4.69) is 22.2 Å². The monoisotopic (exact) mass is 250 g/mol. The van der Waals surface area contributed by atoms with E-state index < -0.39 is 0 Å². The number of carbonyl (C=O) groups is 1. The Morgan fingerprint density at radius 2 is 2.00 bits per heavy atom. The van der Waals surface area contributed by atoms with E-state index in [0.29, 0.717) is 0 Å². The van der Waals surface area contributed by atoms with Crippen LogP contribution in [0.2, 0.25) is 0 Å². The highest BCUT2D eigenvalue weighted by atomic mass is 32.2. The first-order valence-corrected chi connectivity index (χ1v) is 7.01. The first-order valence-electron chi connectivity index (χ1n) is 6.02. The van der Waals surface area contributed by atoms with Gasteiger partial charge in [-0.25, -0.2) is 0 Å². The minimum Gasteiger partial charge on any atom is -0.317 e. The van der Waals surface area contributed by atoms with Crippen LogP contribution in [0.3, 0.4) is 0 Å². The van der Waals surface area contributed by atoms with Crippen LogP contribution >= 0.6 is 11.9 Å². The second kappa shape index (κ2) is 6.67. The summed E-state index contributed by atoms with van der Waals surface area (Å²) in [5.41, 5.74) is 1.24. The summed E-state index contributed by atoms with van der Waals surface area (Å²) in [5, 5.41) is 3.26. The fourth-order valence-electron chi connectivity index (χ4n) is 1.93. The maximum atomic E-state index is 11.8. The van der Waals surface area contributed by atoms with Crippen LogP contribution in [0.5, 0.6) is 0 Å². The first kappa shape index (κ1) is 12.5. The summed E-state index contributed by atoms with van der Waals surface area (Å²) >= 11 is 1.49. The van der Waals surface area contributed by atoms with Crippen LogP contribution in [0.1, 0.15) is 18.4 Å². The van der Waals surface area contributed by atoms with Crippen LogP contribution < -0.4 is 10.0 Å². The number of hydrogen-bond acceptors (Lipinski definition) is 3. The summed E-state index contributed by atoms with van der Waals surface area (Å²) in [6.45, 7) is 1.92. The van der Waals surface area contributed by atoms with E-state index in [-0.39, 0.29) is 11.8 Å². The fourth-order valence-corrected chi connectivity index (χ4v) is 2.67. The molecule has 1 heterocycles. The Bertz CT molecular complexity index is 350. The molecule has 0 radical (unpaired) electrons. The van der Waals surface area contributed by atoms with Gasteiger partial charge in [-0.15, -0.1) is 0 Å². The maximum Gasteiger partial charge on any atom is 0.233 e. The van der Waals surface area contributed by atoms with Gasteiger partial charge in [-0.1, -0.05) is 30.3 Å². The van der Waals surface area contributed by atoms with Crippen molar-refractivity contribution in [3.63, 3.8) is 0 Å². The third-order valence-electron chi connectivity index (χ3n) is 2.96. The van der Waals surface area contributed by atoms with Gasteiger partial charge in [0.15, 0.2) is 0 Å². The molecule has 0 unspecified atom stereocenters. The predicted molar refractivity (Wildman–Crippen MR) is 71.5 cm³/mol. The molecule has 0 atom stereocenters. The van der Waals surface area contributed by atoms with Gasteiger partial charge >= 0.3 is 0 Å². The minimum atomic E-state index is 0.187. The van der Waals surface area contributed by atoms with Crippen LogP contribution in [0.25, 0.3) is 0 Å². The molecule has 1 aromatic rings.